The minimum absolute atomic E-state index is 0.0691. The number of rotatable bonds is 5. The number of halogens is 3. The Labute approximate surface area is 143 Å². The Bertz CT molecular complexity index is 634. The molecule has 0 spiro atoms. The van der Waals surface area contributed by atoms with Gasteiger partial charge in [0.15, 0.2) is 0 Å². The number of nitrogens with one attached hydrogen (secondary N) is 1. The van der Waals surface area contributed by atoms with Gasteiger partial charge in [0.1, 0.15) is 5.75 Å². The van der Waals surface area contributed by atoms with Crippen LogP contribution in [-0.4, -0.2) is 14.2 Å². The zero-order valence-corrected chi connectivity index (χ0v) is 14.9. The molecule has 21 heavy (non-hydrogen) atoms. The van der Waals surface area contributed by atoms with E-state index in [1.807, 2.05) is 37.4 Å². The summed E-state index contributed by atoms with van der Waals surface area (Å²) in [6.45, 7) is 0. The lowest BCUT2D eigenvalue weighted by Crippen LogP contribution is -2.19. The predicted molar refractivity (Wildman–Crippen MR) is 92.7 cm³/mol. The van der Waals surface area contributed by atoms with E-state index in [0.29, 0.717) is 10.0 Å². The molecule has 0 aromatic heterocycles. The van der Waals surface area contributed by atoms with Gasteiger partial charge in [-0.05, 0) is 61.0 Å². The molecule has 2 nitrogen and oxygen atoms in total. The van der Waals surface area contributed by atoms with Crippen LogP contribution >= 0.6 is 39.1 Å². The molecule has 2 rings (SSSR count). The summed E-state index contributed by atoms with van der Waals surface area (Å²) in [6, 6.07) is 11.5. The Kier molecular flexibility index (Phi) is 5.94. The van der Waals surface area contributed by atoms with E-state index in [0.717, 1.165) is 27.8 Å². The molecule has 112 valence electrons. The largest absolute Gasteiger partial charge is 0.497 e. The minimum atomic E-state index is 0.0691. The van der Waals surface area contributed by atoms with E-state index in [4.69, 9.17) is 27.9 Å². The second kappa shape index (κ2) is 7.50. The van der Waals surface area contributed by atoms with Gasteiger partial charge in [-0.15, -0.1) is 0 Å². The van der Waals surface area contributed by atoms with Gasteiger partial charge in [-0.1, -0.05) is 39.1 Å². The molecule has 1 unspecified atom stereocenters. The van der Waals surface area contributed by atoms with E-state index in [1.165, 1.54) is 0 Å². The second-order valence-corrected chi connectivity index (χ2v) is 6.37. The minimum Gasteiger partial charge on any atom is -0.497 e. The lowest BCUT2D eigenvalue weighted by atomic mass is 9.99. The van der Waals surface area contributed by atoms with Crippen molar-refractivity contribution in [2.75, 3.05) is 14.2 Å². The van der Waals surface area contributed by atoms with Gasteiger partial charge in [0.2, 0.25) is 0 Å². The predicted octanol–water partition coefficient (Wildman–Crippen LogP) is 5.27. The van der Waals surface area contributed by atoms with Gasteiger partial charge in [0.05, 0.1) is 7.11 Å². The molecule has 0 bridgehead atoms. The maximum Gasteiger partial charge on any atom is 0.119 e. The van der Waals surface area contributed by atoms with Crippen molar-refractivity contribution in [1.29, 1.82) is 0 Å². The van der Waals surface area contributed by atoms with Crippen molar-refractivity contribution >= 4 is 39.1 Å². The zero-order chi connectivity index (χ0) is 15.4. The normalized spacial score (nSPS) is 12.2. The zero-order valence-electron chi connectivity index (χ0n) is 11.8. The molecule has 0 amide bonds. The van der Waals surface area contributed by atoms with Crippen molar-refractivity contribution in [3.8, 4) is 5.75 Å². The molecule has 2 aromatic rings. The topological polar surface area (TPSA) is 21.3 Å². The monoisotopic (exact) mass is 387 g/mol. The van der Waals surface area contributed by atoms with E-state index in [2.05, 4.69) is 21.2 Å². The van der Waals surface area contributed by atoms with Crippen molar-refractivity contribution in [3.63, 3.8) is 0 Å². The molecular formula is C16H16BrCl2NO. The molecule has 0 aliphatic heterocycles. The fraction of sp³-hybridized carbons (Fsp3) is 0.250. The third-order valence-corrected chi connectivity index (χ3v) is 4.71. The molecule has 0 saturated carbocycles. The van der Waals surface area contributed by atoms with Crippen LogP contribution in [0.25, 0.3) is 0 Å². The Morgan fingerprint density at radius 3 is 2.62 bits per heavy atom. The van der Waals surface area contributed by atoms with Crippen LogP contribution in [0.1, 0.15) is 17.2 Å². The average Bonchev–Trinajstić information content (AvgIpc) is 2.49. The first-order valence-corrected chi connectivity index (χ1v) is 8.04. The number of ether oxygens (including phenoxy) is 1. The molecular weight excluding hydrogens is 373 g/mol. The van der Waals surface area contributed by atoms with Crippen LogP contribution in [0.5, 0.6) is 5.75 Å². The summed E-state index contributed by atoms with van der Waals surface area (Å²) in [5, 5.41) is 4.68. The Morgan fingerprint density at radius 2 is 1.95 bits per heavy atom. The van der Waals surface area contributed by atoms with Crippen molar-refractivity contribution in [2.24, 2.45) is 0 Å². The van der Waals surface area contributed by atoms with Crippen molar-refractivity contribution in [3.05, 3.63) is 62.0 Å². The number of likely N-dealkylation sites (N-methyl/N-ethyl adjacent to an activating group) is 1. The third-order valence-electron chi connectivity index (χ3n) is 3.36. The molecule has 0 aliphatic rings. The van der Waals surface area contributed by atoms with Crippen molar-refractivity contribution in [2.45, 2.75) is 12.5 Å². The first kappa shape index (κ1) is 16.6. The molecule has 1 N–H and O–H groups in total. The number of benzene rings is 2. The quantitative estimate of drug-likeness (QED) is 0.753. The third kappa shape index (κ3) is 4.13. The number of hydrogen-bond acceptors (Lipinski definition) is 2. The van der Waals surface area contributed by atoms with E-state index < -0.39 is 0 Å². The van der Waals surface area contributed by atoms with Gasteiger partial charge in [-0.3, -0.25) is 0 Å². The highest BCUT2D eigenvalue weighted by Crippen LogP contribution is 2.31. The standard InChI is InChI=1S/C16H16BrCl2NO/c1-20-16(13-9-11(18)3-6-15(13)19)8-10-7-12(21-2)4-5-14(10)17/h3-7,9,16,20H,8H2,1-2H3. The summed E-state index contributed by atoms with van der Waals surface area (Å²) in [6.07, 6.45) is 0.772. The SMILES string of the molecule is CNC(Cc1cc(OC)ccc1Br)c1cc(Cl)ccc1Cl. The molecule has 0 radical (unpaired) electrons. The molecule has 1 atom stereocenters. The van der Waals surface area contributed by atoms with Crippen LogP contribution in [0.4, 0.5) is 0 Å². The smallest absolute Gasteiger partial charge is 0.119 e. The summed E-state index contributed by atoms with van der Waals surface area (Å²) >= 11 is 16.0. The Morgan fingerprint density at radius 1 is 1.19 bits per heavy atom. The molecule has 2 aromatic carbocycles. The van der Waals surface area contributed by atoms with Crippen molar-refractivity contribution in [1.82, 2.24) is 5.32 Å². The maximum atomic E-state index is 6.30. The van der Waals surface area contributed by atoms with Crippen LogP contribution in [0, 0.1) is 0 Å². The highest BCUT2D eigenvalue weighted by Gasteiger charge is 2.16. The summed E-state index contributed by atoms with van der Waals surface area (Å²) < 4.78 is 6.33. The van der Waals surface area contributed by atoms with Gasteiger partial charge < -0.3 is 10.1 Å². The summed E-state index contributed by atoms with van der Waals surface area (Å²) in [5.41, 5.74) is 2.13. The lowest BCUT2D eigenvalue weighted by Gasteiger charge is -2.19. The first-order chi connectivity index (χ1) is 10.0. The van der Waals surface area contributed by atoms with Gasteiger partial charge in [0.25, 0.3) is 0 Å². The van der Waals surface area contributed by atoms with Crippen molar-refractivity contribution < 1.29 is 4.74 Å². The van der Waals surface area contributed by atoms with Crippen LogP contribution < -0.4 is 10.1 Å². The van der Waals surface area contributed by atoms with Gasteiger partial charge in [-0.2, -0.15) is 0 Å². The lowest BCUT2D eigenvalue weighted by molar-refractivity contribution is 0.414. The molecule has 5 heteroatoms. The molecule has 0 heterocycles. The van der Waals surface area contributed by atoms with Gasteiger partial charge >= 0.3 is 0 Å². The molecule has 0 saturated heterocycles. The van der Waals surface area contributed by atoms with Crippen LogP contribution in [-0.2, 0) is 6.42 Å². The maximum absolute atomic E-state index is 6.30. The van der Waals surface area contributed by atoms with Gasteiger partial charge in [-0.25, -0.2) is 0 Å². The van der Waals surface area contributed by atoms with Crippen LogP contribution in [0.15, 0.2) is 40.9 Å². The van der Waals surface area contributed by atoms with E-state index in [9.17, 15) is 0 Å². The average molecular weight is 389 g/mol. The second-order valence-electron chi connectivity index (χ2n) is 4.67. The highest BCUT2D eigenvalue weighted by atomic mass is 79.9. The van der Waals surface area contributed by atoms with Gasteiger partial charge in [0, 0.05) is 20.6 Å². The van der Waals surface area contributed by atoms with Crippen LogP contribution in [0.3, 0.4) is 0 Å². The first-order valence-electron chi connectivity index (χ1n) is 6.49. The fourth-order valence-corrected chi connectivity index (χ4v) is 3.04. The van der Waals surface area contributed by atoms with E-state index in [1.54, 1.807) is 13.2 Å². The highest BCUT2D eigenvalue weighted by molar-refractivity contribution is 9.10. The summed E-state index contributed by atoms with van der Waals surface area (Å²) in [4.78, 5) is 0. The van der Waals surface area contributed by atoms with E-state index >= 15 is 0 Å². The molecule has 0 fully saturated rings. The number of methoxy groups -OCH3 is 1. The number of hydrogen-bond donors (Lipinski definition) is 1. The summed E-state index contributed by atoms with van der Waals surface area (Å²) in [5.74, 6) is 0.834. The van der Waals surface area contributed by atoms with Crippen LogP contribution in [0.2, 0.25) is 10.0 Å². The Hall–Kier alpha value is -0.740. The molecule has 0 aliphatic carbocycles. The fourth-order valence-electron chi connectivity index (χ4n) is 2.20. The van der Waals surface area contributed by atoms with E-state index in [-0.39, 0.29) is 6.04 Å². The summed E-state index contributed by atoms with van der Waals surface area (Å²) in [7, 11) is 3.58. The Balaban J connectivity index is 2.33.